The predicted molar refractivity (Wildman–Crippen MR) is 94.7 cm³/mol. The fourth-order valence-corrected chi connectivity index (χ4v) is 2.61. The standard InChI is InChI=1S/C19H21N3O2/c1-13-4-6-14(7-5-13)17-10-15(12-20)21-22(17)16-8-9-18(23-2)19(11-16)24-3/h4-11H,12,20H2,1-3H3. The summed E-state index contributed by atoms with van der Waals surface area (Å²) in [6.07, 6.45) is 0. The van der Waals surface area contributed by atoms with Crippen LogP contribution in [0.25, 0.3) is 16.9 Å². The van der Waals surface area contributed by atoms with Gasteiger partial charge in [-0.1, -0.05) is 29.8 Å². The van der Waals surface area contributed by atoms with Gasteiger partial charge in [-0.2, -0.15) is 5.10 Å². The first-order valence-corrected chi connectivity index (χ1v) is 7.74. The molecule has 1 aromatic heterocycles. The maximum atomic E-state index is 5.79. The SMILES string of the molecule is COc1ccc(-n2nc(CN)cc2-c2ccc(C)cc2)cc1OC. The van der Waals surface area contributed by atoms with Crippen LogP contribution in [0.15, 0.2) is 48.5 Å². The van der Waals surface area contributed by atoms with E-state index in [9.17, 15) is 0 Å². The molecule has 24 heavy (non-hydrogen) atoms. The Balaban J connectivity index is 2.14. The zero-order valence-corrected chi connectivity index (χ0v) is 14.1. The van der Waals surface area contributed by atoms with Gasteiger partial charge in [-0.05, 0) is 25.1 Å². The Labute approximate surface area is 141 Å². The molecule has 0 fully saturated rings. The highest BCUT2D eigenvalue weighted by Crippen LogP contribution is 2.31. The number of aryl methyl sites for hydroxylation is 1. The van der Waals surface area contributed by atoms with Crippen LogP contribution in [0.1, 0.15) is 11.3 Å². The summed E-state index contributed by atoms with van der Waals surface area (Å²) in [6.45, 7) is 2.46. The minimum atomic E-state index is 0.388. The van der Waals surface area contributed by atoms with Crippen molar-refractivity contribution in [3.8, 4) is 28.4 Å². The van der Waals surface area contributed by atoms with E-state index >= 15 is 0 Å². The van der Waals surface area contributed by atoms with Crippen LogP contribution in [0, 0.1) is 6.92 Å². The Morgan fingerprint density at radius 3 is 2.29 bits per heavy atom. The number of methoxy groups -OCH3 is 2. The van der Waals surface area contributed by atoms with Crippen LogP contribution < -0.4 is 15.2 Å². The average Bonchev–Trinajstić information content (AvgIpc) is 3.06. The lowest BCUT2D eigenvalue weighted by Gasteiger charge is -2.12. The van der Waals surface area contributed by atoms with Crippen molar-refractivity contribution in [3.63, 3.8) is 0 Å². The fourth-order valence-electron chi connectivity index (χ4n) is 2.61. The maximum Gasteiger partial charge on any atom is 0.162 e. The van der Waals surface area contributed by atoms with E-state index in [0.29, 0.717) is 18.0 Å². The number of ether oxygens (including phenoxy) is 2. The second kappa shape index (κ2) is 6.76. The number of hydrogen-bond donors (Lipinski definition) is 1. The number of hydrogen-bond acceptors (Lipinski definition) is 4. The number of rotatable bonds is 5. The van der Waals surface area contributed by atoms with Crippen molar-refractivity contribution in [2.24, 2.45) is 5.73 Å². The summed E-state index contributed by atoms with van der Waals surface area (Å²) in [7, 11) is 3.24. The van der Waals surface area contributed by atoms with E-state index in [1.807, 2.05) is 28.9 Å². The van der Waals surface area contributed by atoms with Gasteiger partial charge >= 0.3 is 0 Å². The van der Waals surface area contributed by atoms with Crippen LogP contribution in [0.5, 0.6) is 11.5 Å². The summed E-state index contributed by atoms with van der Waals surface area (Å²) in [5.74, 6) is 1.35. The molecule has 5 nitrogen and oxygen atoms in total. The summed E-state index contributed by atoms with van der Waals surface area (Å²) in [5, 5.41) is 4.62. The Kier molecular flexibility index (Phi) is 4.53. The van der Waals surface area contributed by atoms with Crippen LogP contribution in [0.3, 0.4) is 0 Å². The average molecular weight is 323 g/mol. The van der Waals surface area contributed by atoms with E-state index in [-0.39, 0.29) is 0 Å². The molecule has 0 bridgehead atoms. The van der Waals surface area contributed by atoms with Gasteiger partial charge in [0.05, 0.1) is 31.3 Å². The Hall–Kier alpha value is -2.79. The van der Waals surface area contributed by atoms with Gasteiger partial charge in [0, 0.05) is 18.2 Å². The molecule has 2 N–H and O–H groups in total. The molecule has 0 radical (unpaired) electrons. The molecule has 3 aromatic rings. The van der Waals surface area contributed by atoms with E-state index in [4.69, 9.17) is 15.2 Å². The molecule has 0 aliphatic carbocycles. The molecule has 0 saturated carbocycles. The van der Waals surface area contributed by atoms with Gasteiger partial charge < -0.3 is 15.2 Å². The predicted octanol–water partition coefficient (Wildman–Crippen LogP) is 3.32. The normalized spacial score (nSPS) is 10.7. The summed E-state index contributed by atoms with van der Waals surface area (Å²) in [5.41, 5.74) is 10.8. The molecule has 0 saturated heterocycles. The van der Waals surface area contributed by atoms with Crippen molar-refractivity contribution >= 4 is 0 Å². The lowest BCUT2D eigenvalue weighted by molar-refractivity contribution is 0.355. The third-order valence-corrected chi connectivity index (χ3v) is 3.93. The maximum absolute atomic E-state index is 5.79. The number of nitrogens with zero attached hydrogens (tertiary/aromatic N) is 2. The van der Waals surface area contributed by atoms with Crippen molar-refractivity contribution in [2.75, 3.05) is 14.2 Å². The molecule has 2 aromatic carbocycles. The topological polar surface area (TPSA) is 62.3 Å². The third kappa shape index (κ3) is 2.98. The van der Waals surface area contributed by atoms with Crippen molar-refractivity contribution in [1.29, 1.82) is 0 Å². The summed E-state index contributed by atoms with van der Waals surface area (Å²) in [4.78, 5) is 0. The Morgan fingerprint density at radius 1 is 0.958 bits per heavy atom. The first-order valence-electron chi connectivity index (χ1n) is 7.74. The van der Waals surface area contributed by atoms with Gasteiger partial charge in [0.1, 0.15) is 0 Å². The molecular formula is C19H21N3O2. The summed E-state index contributed by atoms with van der Waals surface area (Å²) >= 11 is 0. The second-order valence-electron chi connectivity index (χ2n) is 5.54. The van der Waals surface area contributed by atoms with Gasteiger partial charge in [0.2, 0.25) is 0 Å². The molecule has 0 aliphatic rings. The molecule has 0 atom stereocenters. The number of aromatic nitrogens is 2. The molecule has 0 aliphatic heterocycles. The lowest BCUT2D eigenvalue weighted by Crippen LogP contribution is -2.02. The van der Waals surface area contributed by atoms with Crippen LogP contribution in [-0.2, 0) is 6.54 Å². The molecule has 3 rings (SSSR count). The second-order valence-corrected chi connectivity index (χ2v) is 5.54. The first kappa shape index (κ1) is 16.1. The molecule has 1 heterocycles. The van der Waals surface area contributed by atoms with Gasteiger partial charge in [-0.3, -0.25) is 0 Å². The molecule has 124 valence electrons. The van der Waals surface area contributed by atoms with Crippen LogP contribution in [0.4, 0.5) is 0 Å². The quantitative estimate of drug-likeness (QED) is 0.782. The molecule has 0 amide bonds. The van der Waals surface area contributed by atoms with Crippen molar-refractivity contribution < 1.29 is 9.47 Å². The number of nitrogens with two attached hydrogens (primary N) is 1. The summed E-state index contributed by atoms with van der Waals surface area (Å²) in [6, 6.07) is 16.1. The van der Waals surface area contributed by atoms with E-state index in [1.165, 1.54) is 5.56 Å². The van der Waals surface area contributed by atoms with Crippen LogP contribution in [0.2, 0.25) is 0 Å². The van der Waals surface area contributed by atoms with Crippen molar-refractivity contribution in [3.05, 3.63) is 59.8 Å². The van der Waals surface area contributed by atoms with Crippen molar-refractivity contribution in [1.82, 2.24) is 9.78 Å². The van der Waals surface area contributed by atoms with Gasteiger partial charge in [0.15, 0.2) is 11.5 Å². The van der Waals surface area contributed by atoms with Gasteiger partial charge in [-0.15, -0.1) is 0 Å². The lowest BCUT2D eigenvalue weighted by atomic mass is 10.1. The number of benzene rings is 2. The monoisotopic (exact) mass is 323 g/mol. The van der Waals surface area contributed by atoms with Crippen LogP contribution >= 0.6 is 0 Å². The molecular weight excluding hydrogens is 302 g/mol. The zero-order chi connectivity index (χ0) is 17.1. The van der Waals surface area contributed by atoms with Gasteiger partial charge in [0.25, 0.3) is 0 Å². The highest BCUT2D eigenvalue weighted by molar-refractivity contribution is 5.64. The first-order chi connectivity index (χ1) is 11.7. The Morgan fingerprint density at radius 2 is 1.67 bits per heavy atom. The van der Waals surface area contributed by atoms with E-state index < -0.39 is 0 Å². The molecule has 0 unspecified atom stereocenters. The minimum Gasteiger partial charge on any atom is -0.493 e. The third-order valence-electron chi connectivity index (χ3n) is 3.93. The fraction of sp³-hybridized carbons (Fsp3) is 0.211. The van der Waals surface area contributed by atoms with Crippen molar-refractivity contribution in [2.45, 2.75) is 13.5 Å². The smallest absolute Gasteiger partial charge is 0.162 e. The zero-order valence-electron chi connectivity index (χ0n) is 14.1. The highest BCUT2D eigenvalue weighted by Gasteiger charge is 2.13. The largest absolute Gasteiger partial charge is 0.493 e. The highest BCUT2D eigenvalue weighted by atomic mass is 16.5. The van der Waals surface area contributed by atoms with E-state index in [1.54, 1.807) is 14.2 Å². The Bertz CT molecular complexity index is 838. The molecule has 5 heteroatoms. The summed E-state index contributed by atoms with van der Waals surface area (Å²) < 4.78 is 12.6. The van der Waals surface area contributed by atoms with Gasteiger partial charge in [-0.25, -0.2) is 4.68 Å². The van der Waals surface area contributed by atoms with Crippen LogP contribution in [-0.4, -0.2) is 24.0 Å². The minimum absolute atomic E-state index is 0.388. The van der Waals surface area contributed by atoms with E-state index in [0.717, 1.165) is 22.6 Å². The molecule has 0 spiro atoms. The van der Waals surface area contributed by atoms with E-state index in [2.05, 4.69) is 36.3 Å².